The van der Waals surface area contributed by atoms with Crippen LogP contribution >= 0.6 is 0 Å². The van der Waals surface area contributed by atoms with Gasteiger partial charge >= 0.3 is 5.97 Å². The highest BCUT2D eigenvalue weighted by molar-refractivity contribution is 5.89. The van der Waals surface area contributed by atoms with Crippen molar-refractivity contribution in [1.29, 1.82) is 0 Å². The van der Waals surface area contributed by atoms with Crippen molar-refractivity contribution in [3.05, 3.63) is 69.1 Å². The van der Waals surface area contributed by atoms with Gasteiger partial charge in [-0.1, -0.05) is 18.2 Å². The summed E-state index contributed by atoms with van der Waals surface area (Å²) in [6, 6.07) is 11.0. The summed E-state index contributed by atoms with van der Waals surface area (Å²) >= 11 is 0. The Balaban J connectivity index is 1.74. The van der Waals surface area contributed by atoms with Gasteiger partial charge in [0.1, 0.15) is 0 Å². The number of carbonyl (C=O) groups is 1. The van der Waals surface area contributed by atoms with Gasteiger partial charge in [0, 0.05) is 18.3 Å². The van der Waals surface area contributed by atoms with Crippen LogP contribution in [0.25, 0.3) is 0 Å². The monoisotopic (exact) mass is 311 g/mol. The number of hydrogen-bond acceptors (Lipinski definition) is 3. The molecule has 0 amide bonds. The number of aryl methyl sites for hydroxylation is 1. The van der Waals surface area contributed by atoms with Crippen LogP contribution in [0, 0.1) is 6.92 Å². The minimum Gasteiger partial charge on any atom is -0.465 e. The van der Waals surface area contributed by atoms with Crippen LogP contribution in [-0.4, -0.2) is 17.6 Å². The van der Waals surface area contributed by atoms with Crippen molar-refractivity contribution in [2.75, 3.05) is 7.11 Å². The molecule has 3 rings (SSSR count). The molecule has 1 aromatic heterocycles. The number of aromatic nitrogens is 1. The first-order valence-electron chi connectivity index (χ1n) is 7.97. The fraction of sp³-hybridized carbons (Fsp3) is 0.368. The molecule has 120 valence electrons. The molecule has 0 spiro atoms. The molecule has 1 saturated carbocycles. The first-order valence-corrected chi connectivity index (χ1v) is 7.97. The third-order valence-corrected chi connectivity index (χ3v) is 4.51. The molecule has 1 aliphatic rings. The Morgan fingerprint density at radius 3 is 2.48 bits per heavy atom. The fourth-order valence-electron chi connectivity index (χ4n) is 2.96. The van der Waals surface area contributed by atoms with E-state index in [0.29, 0.717) is 18.0 Å². The molecule has 4 heteroatoms. The summed E-state index contributed by atoms with van der Waals surface area (Å²) in [5.41, 5.74) is 4.09. The van der Waals surface area contributed by atoms with E-state index in [0.717, 1.165) is 17.7 Å². The molecule has 4 nitrogen and oxygen atoms in total. The van der Waals surface area contributed by atoms with Gasteiger partial charge in [-0.25, -0.2) is 4.79 Å². The number of pyridine rings is 1. The molecule has 0 atom stereocenters. The van der Waals surface area contributed by atoms with Gasteiger partial charge < -0.3 is 9.30 Å². The predicted molar refractivity (Wildman–Crippen MR) is 88.9 cm³/mol. The number of rotatable bonds is 5. The van der Waals surface area contributed by atoms with Crippen molar-refractivity contribution < 1.29 is 9.53 Å². The molecule has 23 heavy (non-hydrogen) atoms. The number of carbonyl (C=O) groups excluding carboxylic acids is 1. The number of nitrogens with zero attached hydrogens (tertiary/aromatic N) is 1. The third-order valence-electron chi connectivity index (χ3n) is 4.51. The van der Waals surface area contributed by atoms with Crippen LogP contribution in [-0.2, 0) is 17.7 Å². The summed E-state index contributed by atoms with van der Waals surface area (Å²) < 4.78 is 6.56. The summed E-state index contributed by atoms with van der Waals surface area (Å²) in [6.45, 7) is 2.69. The molecular formula is C19H21NO3. The van der Waals surface area contributed by atoms with Crippen molar-refractivity contribution in [2.45, 2.75) is 38.6 Å². The van der Waals surface area contributed by atoms with Crippen LogP contribution in [0.4, 0.5) is 0 Å². The lowest BCUT2D eigenvalue weighted by Gasteiger charge is -2.13. The van der Waals surface area contributed by atoms with Gasteiger partial charge in [-0.2, -0.15) is 0 Å². The van der Waals surface area contributed by atoms with Gasteiger partial charge in [-0.15, -0.1) is 0 Å². The van der Waals surface area contributed by atoms with Crippen LogP contribution < -0.4 is 5.56 Å². The Kier molecular flexibility index (Phi) is 4.33. The van der Waals surface area contributed by atoms with E-state index < -0.39 is 0 Å². The fourth-order valence-corrected chi connectivity index (χ4v) is 2.96. The second-order valence-corrected chi connectivity index (χ2v) is 6.08. The molecule has 0 unspecified atom stereocenters. The number of methoxy groups -OCH3 is 1. The lowest BCUT2D eigenvalue weighted by molar-refractivity contribution is 0.0600. The van der Waals surface area contributed by atoms with Crippen LogP contribution in [0.3, 0.4) is 0 Å². The van der Waals surface area contributed by atoms with Gasteiger partial charge in [-0.05, 0) is 55.4 Å². The highest BCUT2D eigenvalue weighted by Crippen LogP contribution is 2.41. The Morgan fingerprint density at radius 2 is 1.87 bits per heavy atom. The zero-order chi connectivity index (χ0) is 16.4. The van der Waals surface area contributed by atoms with Gasteiger partial charge in [0.05, 0.1) is 12.7 Å². The molecule has 1 fully saturated rings. The van der Waals surface area contributed by atoms with E-state index in [4.69, 9.17) is 4.74 Å². The molecule has 1 aliphatic carbocycles. The first kappa shape index (κ1) is 15.5. The van der Waals surface area contributed by atoms with E-state index in [1.807, 2.05) is 29.7 Å². The van der Waals surface area contributed by atoms with E-state index in [-0.39, 0.29) is 11.5 Å². The number of ether oxygens (including phenoxy) is 1. The standard InChI is InChI=1S/C19H21NO3/c1-13-17(15-7-8-15)9-10-18(21)20(13)12-11-14-3-5-16(6-4-14)19(22)23-2/h3-6,9-10,15H,7-8,11-12H2,1-2H3. The average Bonchev–Trinajstić information content (AvgIpc) is 3.39. The van der Waals surface area contributed by atoms with Crippen molar-refractivity contribution in [2.24, 2.45) is 0 Å². The molecular weight excluding hydrogens is 290 g/mol. The SMILES string of the molecule is COC(=O)c1ccc(CCn2c(C)c(C3CC3)ccc2=O)cc1. The topological polar surface area (TPSA) is 48.3 Å². The summed E-state index contributed by atoms with van der Waals surface area (Å²) in [6.07, 6.45) is 3.22. The number of benzene rings is 1. The summed E-state index contributed by atoms with van der Waals surface area (Å²) in [4.78, 5) is 23.6. The molecule has 0 aliphatic heterocycles. The largest absolute Gasteiger partial charge is 0.465 e. The Hall–Kier alpha value is -2.36. The second-order valence-electron chi connectivity index (χ2n) is 6.08. The van der Waals surface area contributed by atoms with Crippen molar-refractivity contribution in [1.82, 2.24) is 4.57 Å². The molecule has 1 heterocycles. The molecule has 1 aromatic carbocycles. The van der Waals surface area contributed by atoms with E-state index in [9.17, 15) is 9.59 Å². The summed E-state index contributed by atoms with van der Waals surface area (Å²) in [7, 11) is 1.37. The molecule has 2 aromatic rings. The lowest BCUT2D eigenvalue weighted by atomic mass is 10.1. The molecule has 0 N–H and O–H groups in total. The third kappa shape index (κ3) is 3.36. The summed E-state index contributed by atoms with van der Waals surface area (Å²) in [5, 5.41) is 0. The van der Waals surface area contributed by atoms with Gasteiger partial charge in [0.15, 0.2) is 0 Å². The van der Waals surface area contributed by atoms with Crippen molar-refractivity contribution in [3.63, 3.8) is 0 Å². The van der Waals surface area contributed by atoms with E-state index in [1.165, 1.54) is 25.5 Å². The normalized spacial score (nSPS) is 13.8. The highest BCUT2D eigenvalue weighted by Gasteiger charge is 2.26. The number of esters is 1. The smallest absolute Gasteiger partial charge is 0.337 e. The van der Waals surface area contributed by atoms with Gasteiger partial charge in [0.25, 0.3) is 5.56 Å². The van der Waals surface area contributed by atoms with E-state index in [2.05, 4.69) is 0 Å². The molecule has 0 saturated heterocycles. The maximum atomic E-state index is 12.1. The van der Waals surface area contributed by atoms with Crippen LogP contribution in [0.1, 0.15) is 45.9 Å². The Labute approximate surface area is 135 Å². The predicted octanol–water partition coefficient (Wildman–Crippen LogP) is 3.06. The minimum atomic E-state index is -0.333. The van der Waals surface area contributed by atoms with Gasteiger partial charge in [0.2, 0.25) is 0 Å². The highest BCUT2D eigenvalue weighted by atomic mass is 16.5. The van der Waals surface area contributed by atoms with E-state index in [1.54, 1.807) is 18.2 Å². The average molecular weight is 311 g/mol. The van der Waals surface area contributed by atoms with Crippen LogP contribution in [0.2, 0.25) is 0 Å². The van der Waals surface area contributed by atoms with Crippen LogP contribution in [0.15, 0.2) is 41.2 Å². The maximum absolute atomic E-state index is 12.1. The van der Waals surface area contributed by atoms with E-state index >= 15 is 0 Å². The Bertz CT molecular complexity index is 770. The molecule has 0 bridgehead atoms. The van der Waals surface area contributed by atoms with Gasteiger partial charge in [-0.3, -0.25) is 4.79 Å². The zero-order valence-electron chi connectivity index (χ0n) is 13.5. The lowest BCUT2D eigenvalue weighted by Crippen LogP contribution is -2.23. The quantitative estimate of drug-likeness (QED) is 0.797. The van der Waals surface area contributed by atoms with Crippen LogP contribution in [0.5, 0.6) is 0 Å². The first-order chi connectivity index (χ1) is 11.1. The second kappa shape index (κ2) is 6.41. The van der Waals surface area contributed by atoms with Crippen molar-refractivity contribution in [3.8, 4) is 0 Å². The summed E-state index contributed by atoms with van der Waals surface area (Å²) in [5.74, 6) is 0.307. The Morgan fingerprint density at radius 1 is 1.17 bits per heavy atom. The zero-order valence-corrected chi connectivity index (χ0v) is 13.5. The number of hydrogen-bond donors (Lipinski definition) is 0. The maximum Gasteiger partial charge on any atom is 0.337 e. The minimum absolute atomic E-state index is 0.0538. The molecule has 0 radical (unpaired) electrons. The van der Waals surface area contributed by atoms with Crippen molar-refractivity contribution >= 4 is 5.97 Å².